The van der Waals surface area contributed by atoms with Crippen molar-refractivity contribution in [3.8, 4) is 5.69 Å². The third-order valence-corrected chi connectivity index (χ3v) is 7.23. The van der Waals surface area contributed by atoms with Crippen LogP contribution in [-0.4, -0.2) is 79.8 Å². The van der Waals surface area contributed by atoms with E-state index >= 15 is 0 Å². The van der Waals surface area contributed by atoms with E-state index in [4.69, 9.17) is 4.74 Å². The molecule has 180 valence electrons. The van der Waals surface area contributed by atoms with Gasteiger partial charge in [0.2, 0.25) is 11.8 Å². The lowest BCUT2D eigenvalue weighted by molar-refractivity contribution is -0.136. The first-order chi connectivity index (χ1) is 16.9. The number of amides is 4. The molecule has 5 heterocycles. The highest BCUT2D eigenvalue weighted by Gasteiger charge is 2.42. The molecule has 0 bridgehead atoms. The van der Waals surface area contributed by atoms with Crippen LogP contribution in [-0.2, 0) is 20.9 Å². The van der Waals surface area contributed by atoms with Gasteiger partial charge >= 0.3 is 0 Å². The number of benzene rings is 1. The number of piperidine rings is 1. The first-order valence-corrected chi connectivity index (χ1v) is 11.7. The standard InChI is InChI=1S/C24H24N6O5/c31-20-6-5-19(21(32)25-20)29-12-15-11-16(3-4-17(15)22(29)33)30-13-18(26-27-30)23(34)28-9-8-24(14-28)7-1-2-10-35-24/h1-4,11,13,19H,5-10,12,14H2,(H,25,31,32). The van der Waals surface area contributed by atoms with Gasteiger partial charge in [0.05, 0.1) is 30.6 Å². The van der Waals surface area contributed by atoms with Gasteiger partial charge in [-0.1, -0.05) is 17.4 Å². The largest absolute Gasteiger partial charge is 0.369 e. The maximum Gasteiger partial charge on any atom is 0.276 e. The average Bonchev–Trinajstić information content (AvgIpc) is 3.58. The summed E-state index contributed by atoms with van der Waals surface area (Å²) in [5, 5.41) is 10.5. The summed E-state index contributed by atoms with van der Waals surface area (Å²) in [6, 6.07) is 4.58. The van der Waals surface area contributed by atoms with Gasteiger partial charge in [-0.25, -0.2) is 4.68 Å². The number of carbonyl (C=O) groups excluding carboxylic acids is 4. The summed E-state index contributed by atoms with van der Waals surface area (Å²) >= 11 is 0. The van der Waals surface area contributed by atoms with Crippen LogP contribution < -0.4 is 5.32 Å². The van der Waals surface area contributed by atoms with Crippen molar-refractivity contribution in [2.45, 2.75) is 43.9 Å². The van der Waals surface area contributed by atoms with Crippen molar-refractivity contribution in [2.75, 3.05) is 19.7 Å². The van der Waals surface area contributed by atoms with Gasteiger partial charge in [-0.15, -0.1) is 5.10 Å². The van der Waals surface area contributed by atoms with Crippen molar-refractivity contribution in [1.82, 2.24) is 30.1 Å². The van der Waals surface area contributed by atoms with Gasteiger partial charge in [0.15, 0.2) is 5.69 Å². The number of aromatic nitrogens is 3. The Morgan fingerprint density at radius 2 is 2.09 bits per heavy atom. The molecular weight excluding hydrogens is 452 g/mol. The fourth-order valence-electron chi connectivity index (χ4n) is 5.31. The normalized spacial score (nSPS) is 25.9. The predicted molar refractivity (Wildman–Crippen MR) is 120 cm³/mol. The summed E-state index contributed by atoms with van der Waals surface area (Å²) in [5.74, 6) is -1.19. The predicted octanol–water partition coefficient (Wildman–Crippen LogP) is 0.590. The van der Waals surface area contributed by atoms with Crippen LogP contribution in [0.2, 0.25) is 0 Å². The van der Waals surface area contributed by atoms with E-state index in [2.05, 4.69) is 21.7 Å². The number of imide groups is 1. The van der Waals surface area contributed by atoms with E-state index < -0.39 is 11.9 Å². The highest BCUT2D eigenvalue weighted by molar-refractivity contribution is 6.05. The Hall–Kier alpha value is -3.86. The van der Waals surface area contributed by atoms with Crippen molar-refractivity contribution in [3.63, 3.8) is 0 Å². The SMILES string of the molecule is O=C1CCC(N2Cc3cc(-n4cc(C(=O)N5CCC6(CC=CCO6)C5)nn4)ccc3C2=O)C(=O)N1. The van der Waals surface area contributed by atoms with Gasteiger partial charge in [0.1, 0.15) is 6.04 Å². The molecule has 1 aromatic heterocycles. The second-order valence-corrected chi connectivity index (χ2v) is 9.44. The summed E-state index contributed by atoms with van der Waals surface area (Å²) in [4.78, 5) is 52.9. The second kappa shape index (κ2) is 8.12. The van der Waals surface area contributed by atoms with Crippen molar-refractivity contribution in [2.24, 2.45) is 0 Å². The minimum Gasteiger partial charge on any atom is -0.369 e. The monoisotopic (exact) mass is 476 g/mol. The number of hydrogen-bond donors (Lipinski definition) is 1. The molecule has 2 aromatic rings. The van der Waals surface area contributed by atoms with Crippen LogP contribution in [0.3, 0.4) is 0 Å². The van der Waals surface area contributed by atoms with Crippen molar-refractivity contribution >= 4 is 23.6 Å². The number of rotatable bonds is 3. The lowest BCUT2D eigenvalue weighted by atomic mass is 9.97. The summed E-state index contributed by atoms with van der Waals surface area (Å²) in [6.45, 7) is 1.97. The van der Waals surface area contributed by atoms with Crippen LogP contribution in [0.15, 0.2) is 36.5 Å². The van der Waals surface area contributed by atoms with E-state index in [1.807, 2.05) is 12.1 Å². The van der Waals surface area contributed by atoms with Gasteiger partial charge in [0, 0.05) is 25.1 Å². The quantitative estimate of drug-likeness (QED) is 0.507. The molecule has 2 atom stereocenters. The highest BCUT2D eigenvalue weighted by Crippen LogP contribution is 2.32. The van der Waals surface area contributed by atoms with Gasteiger partial charge in [-0.05, 0) is 43.0 Å². The highest BCUT2D eigenvalue weighted by atomic mass is 16.5. The summed E-state index contributed by atoms with van der Waals surface area (Å²) < 4.78 is 7.45. The molecule has 1 aromatic carbocycles. The number of nitrogens with zero attached hydrogens (tertiary/aromatic N) is 5. The number of carbonyl (C=O) groups is 4. The maximum atomic E-state index is 13.0. The van der Waals surface area contributed by atoms with Crippen molar-refractivity contribution in [1.29, 1.82) is 0 Å². The molecule has 4 amide bonds. The Kier molecular flexibility index (Phi) is 5.03. The fourth-order valence-corrected chi connectivity index (χ4v) is 5.31. The summed E-state index contributed by atoms with van der Waals surface area (Å²) in [6.07, 6.45) is 7.80. The molecule has 4 aliphatic heterocycles. The molecule has 4 aliphatic rings. The molecule has 1 N–H and O–H groups in total. The van der Waals surface area contributed by atoms with Gasteiger partial charge in [0.25, 0.3) is 11.8 Å². The van der Waals surface area contributed by atoms with Crippen LogP contribution >= 0.6 is 0 Å². The van der Waals surface area contributed by atoms with E-state index in [-0.39, 0.29) is 42.0 Å². The van der Waals surface area contributed by atoms with E-state index in [1.165, 1.54) is 9.58 Å². The Morgan fingerprint density at radius 3 is 2.89 bits per heavy atom. The number of hydrogen-bond acceptors (Lipinski definition) is 7. The minimum atomic E-state index is -0.668. The van der Waals surface area contributed by atoms with E-state index in [1.54, 1.807) is 23.2 Å². The molecular formula is C24H24N6O5. The Morgan fingerprint density at radius 1 is 1.20 bits per heavy atom. The maximum absolute atomic E-state index is 13.0. The van der Waals surface area contributed by atoms with E-state index in [9.17, 15) is 19.2 Å². The minimum absolute atomic E-state index is 0.188. The third kappa shape index (κ3) is 3.72. The Bertz CT molecular complexity index is 1280. The van der Waals surface area contributed by atoms with Crippen LogP contribution in [0.1, 0.15) is 52.1 Å². The van der Waals surface area contributed by atoms with Crippen LogP contribution in [0, 0.1) is 0 Å². The van der Waals surface area contributed by atoms with Gasteiger partial charge in [-0.3, -0.25) is 24.5 Å². The van der Waals surface area contributed by atoms with Crippen LogP contribution in [0.5, 0.6) is 0 Å². The Balaban J connectivity index is 1.18. The van der Waals surface area contributed by atoms with Gasteiger partial charge < -0.3 is 14.5 Å². The molecule has 0 aliphatic carbocycles. The molecule has 2 unspecified atom stereocenters. The molecule has 0 saturated carbocycles. The lowest BCUT2D eigenvalue weighted by Gasteiger charge is -2.30. The molecule has 2 saturated heterocycles. The topological polar surface area (TPSA) is 127 Å². The van der Waals surface area contributed by atoms with Crippen LogP contribution in [0.4, 0.5) is 0 Å². The first kappa shape index (κ1) is 21.7. The molecule has 6 rings (SSSR count). The van der Waals surface area contributed by atoms with Crippen molar-refractivity contribution in [3.05, 3.63) is 53.4 Å². The smallest absolute Gasteiger partial charge is 0.276 e. The number of likely N-dealkylation sites (tertiary alicyclic amines) is 1. The molecule has 11 nitrogen and oxygen atoms in total. The van der Waals surface area contributed by atoms with Crippen molar-refractivity contribution < 1.29 is 23.9 Å². The van der Waals surface area contributed by atoms with E-state index in [0.717, 1.165) is 18.4 Å². The molecule has 2 fully saturated rings. The molecule has 0 radical (unpaired) electrons. The zero-order valence-electron chi connectivity index (χ0n) is 19.0. The van der Waals surface area contributed by atoms with Gasteiger partial charge in [-0.2, -0.15) is 0 Å². The first-order valence-electron chi connectivity index (χ1n) is 11.7. The summed E-state index contributed by atoms with van der Waals surface area (Å²) in [5.41, 5.74) is 1.87. The average molecular weight is 476 g/mol. The number of nitrogens with one attached hydrogen (secondary N) is 1. The molecule has 1 spiro atoms. The number of ether oxygens (including phenoxy) is 1. The Labute approximate surface area is 200 Å². The van der Waals surface area contributed by atoms with E-state index in [0.29, 0.717) is 37.4 Å². The summed E-state index contributed by atoms with van der Waals surface area (Å²) in [7, 11) is 0. The van der Waals surface area contributed by atoms with Crippen LogP contribution in [0.25, 0.3) is 5.69 Å². The number of fused-ring (bicyclic) bond motifs is 1. The zero-order valence-corrected chi connectivity index (χ0v) is 19.0. The third-order valence-electron chi connectivity index (χ3n) is 7.23. The molecule has 35 heavy (non-hydrogen) atoms. The molecule has 11 heteroatoms. The lowest BCUT2D eigenvalue weighted by Crippen LogP contribution is -2.52. The zero-order chi connectivity index (χ0) is 24.2. The fraction of sp³-hybridized carbons (Fsp3) is 0.417. The second-order valence-electron chi connectivity index (χ2n) is 9.44.